The Morgan fingerprint density at radius 3 is 2.50 bits per heavy atom. The first-order valence-corrected chi connectivity index (χ1v) is 5.89. The summed E-state index contributed by atoms with van der Waals surface area (Å²) in [5.41, 5.74) is 7.78. The number of hydrogen-bond donors (Lipinski definition) is 1. The molecule has 0 radical (unpaired) electrons. The number of halogens is 3. The molecule has 0 aliphatic heterocycles. The van der Waals surface area contributed by atoms with Crippen molar-refractivity contribution in [3.8, 4) is 0 Å². The zero-order valence-corrected chi connectivity index (χ0v) is 10.7. The summed E-state index contributed by atoms with van der Waals surface area (Å²) in [4.78, 5) is 1.94. The third-order valence-corrected chi connectivity index (χ3v) is 2.79. The van der Waals surface area contributed by atoms with Crippen LogP contribution in [-0.4, -0.2) is 20.3 Å². The molecule has 2 N–H and O–H groups in total. The molecule has 0 fully saturated rings. The topological polar surface area (TPSA) is 29.3 Å². The predicted octanol–water partition coefficient (Wildman–Crippen LogP) is 3.49. The van der Waals surface area contributed by atoms with Crippen LogP contribution in [0.1, 0.15) is 30.9 Å². The van der Waals surface area contributed by atoms with E-state index in [1.807, 2.05) is 43.3 Å². The molecular weight excluding hydrogens is 241 g/mol. The van der Waals surface area contributed by atoms with Crippen LogP contribution in [0.5, 0.6) is 0 Å². The van der Waals surface area contributed by atoms with E-state index in [-0.39, 0.29) is 12.5 Å². The van der Waals surface area contributed by atoms with E-state index >= 15 is 0 Å². The van der Waals surface area contributed by atoms with Gasteiger partial charge in [0.15, 0.2) is 0 Å². The number of nitrogens with zero attached hydrogens (tertiary/aromatic N) is 1. The summed E-state index contributed by atoms with van der Waals surface area (Å²) >= 11 is 0. The lowest BCUT2D eigenvalue weighted by atomic mass is 10.0. The lowest BCUT2D eigenvalue weighted by Crippen LogP contribution is -2.14. The minimum absolute atomic E-state index is 0.0663. The summed E-state index contributed by atoms with van der Waals surface area (Å²) in [6.45, 7) is 0. The minimum Gasteiger partial charge on any atom is -0.378 e. The van der Waals surface area contributed by atoms with Crippen LogP contribution in [0.3, 0.4) is 0 Å². The Hall–Kier alpha value is -1.23. The van der Waals surface area contributed by atoms with Crippen LogP contribution in [0.4, 0.5) is 18.9 Å². The van der Waals surface area contributed by atoms with Crippen molar-refractivity contribution in [2.45, 2.75) is 31.5 Å². The number of nitrogens with two attached hydrogens (primary N) is 1. The zero-order chi connectivity index (χ0) is 13.8. The maximum Gasteiger partial charge on any atom is 0.389 e. The average molecular weight is 260 g/mol. The Labute approximate surface area is 106 Å². The molecule has 1 rings (SSSR count). The van der Waals surface area contributed by atoms with Gasteiger partial charge in [0.1, 0.15) is 0 Å². The van der Waals surface area contributed by atoms with Crippen molar-refractivity contribution in [3.05, 3.63) is 29.8 Å². The lowest BCUT2D eigenvalue weighted by Gasteiger charge is -2.17. The molecule has 1 aromatic rings. The van der Waals surface area contributed by atoms with Gasteiger partial charge in [0.05, 0.1) is 0 Å². The van der Waals surface area contributed by atoms with Gasteiger partial charge in [-0.2, -0.15) is 13.2 Å². The van der Waals surface area contributed by atoms with Gasteiger partial charge in [-0.3, -0.25) is 0 Å². The second-order valence-electron chi connectivity index (χ2n) is 4.60. The maximum atomic E-state index is 12.0. The first kappa shape index (κ1) is 14.8. The van der Waals surface area contributed by atoms with Gasteiger partial charge >= 0.3 is 6.18 Å². The number of rotatable bonds is 5. The Bertz CT molecular complexity index is 375. The van der Waals surface area contributed by atoms with E-state index in [2.05, 4.69) is 0 Å². The van der Waals surface area contributed by atoms with Crippen LogP contribution >= 0.6 is 0 Å². The molecule has 5 heteroatoms. The number of hydrogen-bond acceptors (Lipinski definition) is 2. The summed E-state index contributed by atoms with van der Waals surface area (Å²) < 4.78 is 36.1. The van der Waals surface area contributed by atoms with Gasteiger partial charge in [-0.05, 0) is 30.5 Å². The Kier molecular flexibility index (Phi) is 5.02. The van der Waals surface area contributed by atoms with E-state index in [4.69, 9.17) is 5.73 Å². The van der Waals surface area contributed by atoms with Crippen molar-refractivity contribution in [2.24, 2.45) is 5.73 Å². The molecular formula is C13H19F3N2. The molecule has 1 aromatic carbocycles. The highest BCUT2D eigenvalue weighted by atomic mass is 19.4. The molecule has 18 heavy (non-hydrogen) atoms. The molecule has 0 heterocycles. The Balaban J connectivity index is 2.56. The van der Waals surface area contributed by atoms with E-state index in [0.717, 1.165) is 11.3 Å². The standard InChI is InChI=1S/C13H19F3N2/c1-18(2)11-6-3-5-10(9-11)12(17)7-4-8-13(14,15)16/h3,5-6,9,12H,4,7-8,17H2,1-2H3. The van der Waals surface area contributed by atoms with Crippen LogP contribution < -0.4 is 10.6 Å². The molecule has 0 saturated heterocycles. The van der Waals surface area contributed by atoms with E-state index in [1.54, 1.807) is 0 Å². The monoisotopic (exact) mass is 260 g/mol. The quantitative estimate of drug-likeness (QED) is 0.878. The van der Waals surface area contributed by atoms with E-state index < -0.39 is 12.6 Å². The second kappa shape index (κ2) is 6.09. The SMILES string of the molecule is CN(C)c1cccc(C(N)CCCC(F)(F)F)c1. The largest absolute Gasteiger partial charge is 0.389 e. The Morgan fingerprint density at radius 1 is 1.28 bits per heavy atom. The highest BCUT2D eigenvalue weighted by Gasteiger charge is 2.26. The van der Waals surface area contributed by atoms with Gasteiger partial charge in [-0.15, -0.1) is 0 Å². The molecule has 1 atom stereocenters. The fraction of sp³-hybridized carbons (Fsp3) is 0.538. The van der Waals surface area contributed by atoms with Gasteiger partial charge in [0.2, 0.25) is 0 Å². The number of alkyl halides is 3. The Morgan fingerprint density at radius 2 is 1.94 bits per heavy atom. The van der Waals surface area contributed by atoms with Gasteiger partial charge in [0, 0.05) is 32.2 Å². The molecule has 102 valence electrons. The first-order chi connectivity index (χ1) is 8.29. The van der Waals surface area contributed by atoms with E-state index in [0.29, 0.717) is 6.42 Å². The summed E-state index contributed by atoms with van der Waals surface area (Å²) in [5, 5.41) is 0. The highest BCUT2D eigenvalue weighted by molar-refractivity contribution is 5.47. The van der Waals surface area contributed by atoms with Crippen LogP contribution in [-0.2, 0) is 0 Å². The van der Waals surface area contributed by atoms with Crippen molar-refractivity contribution in [1.29, 1.82) is 0 Å². The van der Waals surface area contributed by atoms with Gasteiger partial charge in [0.25, 0.3) is 0 Å². The summed E-state index contributed by atoms with van der Waals surface area (Å²) in [6, 6.07) is 7.23. The number of benzene rings is 1. The normalized spacial score (nSPS) is 13.4. The molecule has 0 aliphatic rings. The summed E-state index contributed by atoms with van der Waals surface area (Å²) in [7, 11) is 3.82. The van der Waals surface area contributed by atoms with Crippen molar-refractivity contribution in [2.75, 3.05) is 19.0 Å². The fourth-order valence-electron chi connectivity index (χ4n) is 1.72. The van der Waals surface area contributed by atoms with Gasteiger partial charge < -0.3 is 10.6 Å². The van der Waals surface area contributed by atoms with Crippen molar-refractivity contribution in [1.82, 2.24) is 0 Å². The fourth-order valence-corrected chi connectivity index (χ4v) is 1.72. The van der Waals surface area contributed by atoms with E-state index in [9.17, 15) is 13.2 Å². The van der Waals surface area contributed by atoms with Crippen LogP contribution in [0, 0.1) is 0 Å². The number of anilines is 1. The summed E-state index contributed by atoms with van der Waals surface area (Å²) in [5.74, 6) is 0. The highest BCUT2D eigenvalue weighted by Crippen LogP contribution is 2.26. The molecule has 0 amide bonds. The third kappa shape index (κ3) is 4.96. The predicted molar refractivity (Wildman–Crippen MR) is 67.6 cm³/mol. The molecule has 0 aliphatic carbocycles. The molecule has 0 aromatic heterocycles. The van der Waals surface area contributed by atoms with Gasteiger partial charge in [-0.25, -0.2) is 0 Å². The van der Waals surface area contributed by atoms with Crippen molar-refractivity contribution in [3.63, 3.8) is 0 Å². The first-order valence-electron chi connectivity index (χ1n) is 5.89. The molecule has 2 nitrogen and oxygen atoms in total. The minimum atomic E-state index is -4.09. The maximum absolute atomic E-state index is 12.0. The van der Waals surface area contributed by atoms with Crippen LogP contribution in [0.25, 0.3) is 0 Å². The van der Waals surface area contributed by atoms with Crippen LogP contribution in [0.15, 0.2) is 24.3 Å². The van der Waals surface area contributed by atoms with Crippen molar-refractivity contribution < 1.29 is 13.2 Å². The second-order valence-corrected chi connectivity index (χ2v) is 4.60. The third-order valence-electron chi connectivity index (χ3n) is 2.79. The average Bonchev–Trinajstić information content (AvgIpc) is 2.27. The van der Waals surface area contributed by atoms with E-state index in [1.165, 1.54) is 0 Å². The molecule has 0 bridgehead atoms. The smallest absolute Gasteiger partial charge is 0.378 e. The molecule has 0 saturated carbocycles. The van der Waals surface area contributed by atoms with Crippen LogP contribution in [0.2, 0.25) is 0 Å². The molecule has 1 unspecified atom stereocenters. The van der Waals surface area contributed by atoms with Crippen molar-refractivity contribution >= 4 is 5.69 Å². The summed E-state index contributed by atoms with van der Waals surface area (Å²) in [6.07, 6.45) is -4.45. The zero-order valence-electron chi connectivity index (χ0n) is 10.7. The molecule has 0 spiro atoms. The van der Waals surface area contributed by atoms with Gasteiger partial charge in [-0.1, -0.05) is 12.1 Å². The lowest BCUT2D eigenvalue weighted by molar-refractivity contribution is -0.135.